The molecule has 0 amide bonds. The van der Waals surface area contributed by atoms with Crippen molar-refractivity contribution in [2.45, 2.75) is 33.2 Å². The molecule has 1 rings (SSSR count). The fourth-order valence-electron chi connectivity index (χ4n) is 1.80. The van der Waals surface area contributed by atoms with Crippen LogP contribution >= 0.6 is 0 Å². The molecule has 0 bridgehead atoms. The van der Waals surface area contributed by atoms with Crippen LogP contribution < -0.4 is 10.6 Å². The molecule has 1 atom stereocenters. The first kappa shape index (κ1) is 14.9. The average Bonchev–Trinajstić information content (AvgIpc) is 2.43. The highest BCUT2D eigenvalue weighted by Crippen LogP contribution is 2.16. The van der Waals surface area contributed by atoms with Crippen molar-refractivity contribution >= 4 is 5.69 Å². The maximum absolute atomic E-state index is 5.96. The number of nitrogens with zero attached hydrogens (tertiary/aromatic N) is 2. The Morgan fingerprint density at radius 1 is 1.33 bits per heavy atom. The quantitative estimate of drug-likeness (QED) is 0.721. The van der Waals surface area contributed by atoms with Crippen LogP contribution in [0.3, 0.4) is 0 Å². The van der Waals surface area contributed by atoms with Gasteiger partial charge in [0.05, 0.1) is 24.2 Å². The van der Waals surface area contributed by atoms with Crippen molar-refractivity contribution in [3.8, 4) is 0 Å². The summed E-state index contributed by atoms with van der Waals surface area (Å²) in [6.45, 7) is 9.58. The van der Waals surface area contributed by atoms with Crippen LogP contribution in [0.1, 0.15) is 38.9 Å². The molecule has 0 spiro atoms. The lowest BCUT2D eigenvalue weighted by Crippen LogP contribution is -2.27. The Labute approximate surface area is 110 Å². The summed E-state index contributed by atoms with van der Waals surface area (Å²) in [6, 6.07) is 4.15. The molecule has 4 nitrogen and oxygen atoms in total. The Hall–Kier alpha value is -1.13. The summed E-state index contributed by atoms with van der Waals surface area (Å²) in [7, 11) is 0. The van der Waals surface area contributed by atoms with Crippen molar-refractivity contribution in [2.24, 2.45) is 5.73 Å². The molecule has 1 aromatic rings. The Bertz CT molecular complexity index is 326. The molecule has 1 aromatic heterocycles. The van der Waals surface area contributed by atoms with Gasteiger partial charge in [-0.2, -0.15) is 0 Å². The summed E-state index contributed by atoms with van der Waals surface area (Å²) in [4.78, 5) is 6.69. The number of aromatic nitrogens is 1. The number of ether oxygens (including phenoxy) is 1. The molecule has 0 aliphatic rings. The molecule has 0 unspecified atom stereocenters. The Kier molecular flexibility index (Phi) is 6.68. The second-order valence-electron chi connectivity index (χ2n) is 4.23. The van der Waals surface area contributed by atoms with Crippen molar-refractivity contribution in [3.05, 3.63) is 24.0 Å². The molecule has 102 valence electrons. The summed E-state index contributed by atoms with van der Waals surface area (Å²) in [6.07, 6.45) is 2.81. The zero-order valence-electron chi connectivity index (χ0n) is 11.7. The Morgan fingerprint density at radius 2 is 2.11 bits per heavy atom. The van der Waals surface area contributed by atoms with Gasteiger partial charge in [-0.25, -0.2) is 0 Å². The first-order valence-corrected chi connectivity index (χ1v) is 6.77. The lowest BCUT2D eigenvalue weighted by molar-refractivity contribution is 0.154. The summed E-state index contributed by atoms with van der Waals surface area (Å²) in [5, 5.41) is 0. The van der Waals surface area contributed by atoms with Crippen LogP contribution in [-0.2, 0) is 4.74 Å². The van der Waals surface area contributed by atoms with Gasteiger partial charge < -0.3 is 15.4 Å². The monoisotopic (exact) mass is 251 g/mol. The minimum absolute atomic E-state index is 0.0394. The molecule has 1 heterocycles. The topological polar surface area (TPSA) is 51.4 Å². The summed E-state index contributed by atoms with van der Waals surface area (Å²) >= 11 is 0. The molecule has 0 saturated carbocycles. The van der Waals surface area contributed by atoms with E-state index in [1.807, 2.05) is 19.2 Å². The van der Waals surface area contributed by atoms with Crippen LogP contribution in [0.4, 0.5) is 5.69 Å². The number of nitrogens with two attached hydrogens (primary N) is 1. The standard InChI is InChI=1S/C14H25N3O/c1-4-13(15)14-8-7-12(11-16-14)17(5-2)9-10-18-6-3/h7-8,11,13H,4-6,9-10,15H2,1-3H3/t13-/m1/s1. The van der Waals surface area contributed by atoms with Crippen molar-refractivity contribution in [1.29, 1.82) is 0 Å². The molecule has 0 aromatic carbocycles. The molecule has 2 N–H and O–H groups in total. The highest BCUT2D eigenvalue weighted by Gasteiger charge is 2.07. The van der Waals surface area contributed by atoms with E-state index < -0.39 is 0 Å². The fourth-order valence-corrected chi connectivity index (χ4v) is 1.80. The van der Waals surface area contributed by atoms with E-state index >= 15 is 0 Å². The maximum Gasteiger partial charge on any atom is 0.0641 e. The van der Waals surface area contributed by atoms with E-state index in [2.05, 4.69) is 29.8 Å². The third-order valence-corrected chi connectivity index (χ3v) is 3.05. The van der Waals surface area contributed by atoms with E-state index in [0.717, 1.165) is 44.1 Å². The van der Waals surface area contributed by atoms with Crippen LogP contribution in [-0.4, -0.2) is 31.3 Å². The van der Waals surface area contributed by atoms with E-state index in [1.165, 1.54) is 0 Å². The normalized spacial score (nSPS) is 12.4. The first-order valence-electron chi connectivity index (χ1n) is 6.77. The zero-order chi connectivity index (χ0) is 13.4. The predicted octanol–water partition coefficient (Wildman–Crippen LogP) is 2.35. The fraction of sp³-hybridized carbons (Fsp3) is 0.643. The average molecular weight is 251 g/mol. The number of rotatable bonds is 8. The largest absolute Gasteiger partial charge is 0.380 e. The van der Waals surface area contributed by atoms with Crippen molar-refractivity contribution < 1.29 is 4.74 Å². The molecule has 0 aliphatic carbocycles. The van der Waals surface area contributed by atoms with E-state index in [-0.39, 0.29) is 6.04 Å². The molecular weight excluding hydrogens is 226 g/mol. The van der Waals surface area contributed by atoms with Crippen molar-refractivity contribution in [1.82, 2.24) is 4.98 Å². The zero-order valence-corrected chi connectivity index (χ0v) is 11.7. The summed E-state index contributed by atoms with van der Waals surface area (Å²) in [5.41, 5.74) is 8.04. The van der Waals surface area contributed by atoms with E-state index in [4.69, 9.17) is 10.5 Å². The van der Waals surface area contributed by atoms with Gasteiger partial charge in [-0.15, -0.1) is 0 Å². The highest BCUT2D eigenvalue weighted by molar-refractivity contribution is 5.44. The predicted molar refractivity (Wildman–Crippen MR) is 75.8 cm³/mol. The molecular formula is C14H25N3O. The highest BCUT2D eigenvalue weighted by atomic mass is 16.5. The minimum Gasteiger partial charge on any atom is -0.380 e. The van der Waals surface area contributed by atoms with Gasteiger partial charge in [0.25, 0.3) is 0 Å². The van der Waals surface area contributed by atoms with E-state index in [0.29, 0.717) is 0 Å². The number of pyridine rings is 1. The van der Waals surface area contributed by atoms with Crippen LogP contribution in [0.25, 0.3) is 0 Å². The van der Waals surface area contributed by atoms with Crippen LogP contribution in [0.15, 0.2) is 18.3 Å². The van der Waals surface area contributed by atoms with E-state index in [9.17, 15) is 0 Å². The van der Waals surface area contributed by atoms with Gasteiger partial charge in [0.1, 0.15) is 0 Å². The molecule has 0 radical (unpaired) electrons. The van der Waals surface area contributed by atoms with Gasteiger partial charge >= 0.3 is 0 Å². The molecule has 0 aliphatic heterocycles. The van der Waals surface area contributed by atoms with Gasteiger partial charge in [0, 0.05) is 25.7 Å². The number of likely N-dealkylation sites (N-methyl/N-ethyl adjacent to an activating group) is 1. The molecule has 18 heavy (non-hydrogen) atoms. The third-order valence-electron chi connectivity index (χ3n) is 3.05. The third kappa shape index (κ3) is 4.27. The Balaban J connectivity index is 2.63. The summed E-state index contributed by atoms with van der Waals surface area (Å²) in [5.74, 6) is 0. The van der Waals surface area contributed by atoms with E-state index in [1.54, 1.807) is 0 Å². The summed E-state index contributed by atoms with van der Waals surface area (Å²) < 4.78 is 5.38. The van der Waals surface area contributed by atoms with Crippen LogP contribution in [0, 0.1) is 0 Å². The second-order valence-corrected chi connectivity index (χ2v) is 4.23. The molecule has 0 saturated heterocycles. The van der Waals surface area contributed by atoms with Crippen molar-refractivity contribution in [2.75, 3.05) is 31.2 Å². The number of anilines is 1. The lowest BCUT2D eigenvalue weighted by Gasteiger charge is -2.23. The molecule has 4 heteroatoms. The van der Waals surface area contributed by atoms with Crippen LogP contribution in [0.5, 0.6) is 0 Å². The minimum atomic E-state index is 0.0394. The Morgan fingerprint density at radius 3 is 2.61 bits per heavy atom. The van der Waals surface area contributed by atoms with Gasteiger partial charge in [0.15, 0.2) is 0 Å². The first-order chi connectivity index (χ1) is 8.72. The smallest absolute Gasteiger partial charge is 0.0641 e. The van der Waals surface area contributed by atoms with Crippen LogP contribution in [0.2, 0.25) is 0 Å². The molecule has 0 fully saturated rings. The van der Waals surface area contributed by atoms with Gasteiger partial charge in [-0.3, -0.25) is 4.98 Å². The van der Waals surface area contributed by atoms with Gasteiger partial charge in [-0.1, -0.05) is 6.92 Å². The van der Waals surface area contributed by atoms with Gasteiger partial charge in [0.2, 0.25) is 0 Å². The maximum atomic E-state index is 5.96. The van der Waals surface area contributed by atoms with Gasteiger partial charge in [-0.05, 0) is 32.4 Å². The number of hydrogen-bond acceptors (Lipinski definition) is 4. The SMILES string of the molecule is CCOCCN(CC)c1ccc([C@H](N)CC)nc1. The number of hydrogen-bond donors (Lipinski definition) is 1. The van der Waals surface area contributed by atoms with Crippen molar-refractivity contribution in [3.63, 3.8) is 0 Å². The lowest BCUT2D eigenvalue weighted by atomic mass is 10.1. The second kappa shape index (κ2) is 8.06.